The topological polar surface area (TPSA) is 62.3 Å². The van der Waals surface area contributed by atoms with Crippen molar-refractivity contribution >= 4 is 34.0 Å². The van der Waals surface area contributed by atoms with Crippen molar-refractivity contribution in [3.8, 4) is 11.3 Å². The smallest absolute Gasteiger partial charge is 0.312 e. The van der Waals surface area contributed by atoms with E-state index in [-0.39, 0.29) is 17.4 Å². The molecule has 0 radical (unpaired) electrons. The van der Waals surface area contributed by atoms with Crippen molar-refractivity contribution < 1.29 is 22.8 Å². The van der Waals surface area contributed by atoms with E-state index < -0.39 is 17.6 Å². The molecule has 0 spiro atoms. The van der Waals surface area contributed by atoms with E-state index in [1.165, 1.54) is 17.8 Å². The summed E-state index contributed by atoms with van der Waals surface area (Å²) in [6.07, 6.45) is 2.76. The van der Waals surface area contributed by atoms with Gasteiger partial charge >= 0.3 is 6.18 Å². The quantitative estimate of drug-likeness (QED) is 0.411. The van der Waals surface area contributed by atoms with Crippen LogP contribution in [0.25, 0.3) is 11.3 Å². The summed E-state index contributed by atoms with van der Waals surface area (Å²) in [5.74, 6) is -0.156. The number of anilines is 2. The SMILES string of the molecule is O=C(Nc1nc(-c2ccc3c(c2)CCCN3C(=O)C2CCCCC2)cs1)c1ccc(C(F)(F)F)cc1. The number of halogens is 3. The van der Waals surface area contributed by atoms with Gasteiger partial charge in [0.25, 0.3) is 5.91 Å². The number of hydrogen-bond acceptors (Lipinski definition) is 4. The highest BCUT2D eigenvalue weighted by Crippen LogP contribution is 2.35. The van der Waals surface area contributed by atoms with Crippen LogP contribution in [0, 0.1) is 5.92 Å². The fourth-order valence-corrected chi connectivity index (χ4v) is 5.71. The van der Waals surface area contributed by atoms with Gasteiger partial charge in [-0.2, -0.15) is 13.2 Å². The molecule has 9 heteroatoms. The van der Waals surface area contributed by atoms with Crippen molar-refractivity contribution in [2.45, 2.75) is 51.1 Å². The molecule has 1 aliphatic carbocycles. The number of aromatic nitrogens is 1. The number of nitrogens with zero attached hydrogens (tertiary/aromatic N) is 2. The number of hydrogen-bond donors (Lipinski definition) is 1. The molecular weight excluding hydrogens is 487 g/mol. The molecule has 3 aromatic rings. The third-order valence-corrected chi connectivity index (χ3v) is 7.67. The van der Waals surface area contributed by atoms with Gasteiger partial charge in [0, 0.05) is 34.7 Å². The largest absolute Gasteiger partial charge is 0.416 e. The van der Waals surface area contributed by atoms with Gasteiger partial charge in [0.2, 0.25) is 5.91 Å². The van der Waals surface area contributed by atoms with Crippen molar-refractivity contribution in [2.24, 2.45) is 5.92 Å². The van der Waals surface area contributed by atoms with Crippen LogP contribution in [0.2, 0.25) is 0 Å². The Labute approximate surface area is 211 Å². The van der Waals surface area contributed by atoms with Crippen LogP contribution >= 0.6 is 11.3 Å². The number of carbonyl (C=O) groups excluding carboxylic acids is 2. The summed E-state index contributed by atoms with van der Waals surface area (Å²) in [5, 5.41) is 4.86. The van der Waals surface area contributed by atoms with Gasteiger partial charge in [0.1, 0.15) is 0 Å². The minimum absolute atomic E-state index is 0.122. The van der Waals surface area contributed by atoms with Crippen LogP contribution in [0.3, 0.4) is 0 Å². The second kappa shape index (κ2) is 10.0. The van der Waals surface area contributed by atoms with Crippen molar-refractivity contribution in [2.75, 3.05) is 16.8 Å². The molecule has 2 amide bonds. The fraction of sp³-hybridized carbons (Fsp3) is 0.370. The summed E-state index contributed by atoms with van der Waals surface area (Å²) < 4.78 is 38.3. The van der Waals surface area contributed by atoms with E-state index in [0.29, 0.717) is 10.8 Å². The van der Waals surface area contributed by atoms with Gasteiger partial charge in [-0.25, -0.2) is 4.98 Å². The first-order chi connectivity index (χ1) is 17.3. The van der Waals surface area contributed by atoms with E-state index in [0.717, 1.165) is 86.1 Å². The molecule has 5 nitrogen and oxygen atoms in total. The second-order valence-electron chi connectivity index (χ2n) is 9.34. The average Bonchev–Trinajstić information content (AvgIpc) is 3.36. The maximum absolute atomic E-state index is 13.2. The second-order valence-corrected chi connectivity index (χ2v) is 10.2. The van der Waals surface area contributed by atoms with E-state index in [2.05, 4.69) is 16.4 Å². The molecule has 0 atom stereocenters. The molecule has 2 heterocycles. The number of amides is 2. The third kappa shape index (κ3) is 5.16. The molecule has 0 unspecified atom stereocenters. The van der Waals surface area contributed by atoms with Crippen LogP contribution in [0.1, 0.15) is 60.0 Å². The summed E-state index contributed by atoms with van der Waals surface area (Å²) in [5.41, 5.74) is 3.00. The number of thiazole rings is 1. The van der Waals surface area contributed by atoms with Crippen LogP contribution < -0.4 is 10.2 Å². The van der Waals surface area contributed by atoms with Crippen molar-refractivity contribution in [1.29, 1.82) is 0 Å². The summed E-state index contributed by atoms with van der Waals surface area (Å²) in [6.45, 7) is 0.749. The fourth-order valence-electron chi connectivity index (χ4n) is 5.00. The lowest BCUT2D eigenvalue weighted by Gasteiger charge is -2.33. The van der Waals surface area contributed by atoms with Gasteiger partial charge in [-0.3, -0.25) is 14.9 Å². The predicted molar refractivity (Wildman–Crippen MR) is 134 cm³/mol. The molecule has 5 rings (SSSR count). The Kier molecular flexibility index (Phi) is 6.83. The standard InChI is InChI=1S/C27H26F3N3O2S/c28-27(29,30)21-11-8-17(9-12-21)24(34)32-26-31-22(16-36-26)19-10-13-23-20(15-19)7-4-14-33(23)25(35)18-5-2-1-3-6-18/h8-13,15-16,18H,1-7,14H2,(H,31,32,34). The van der Waals surface area contributed by atoms with Crippen molar-refractivity contribution in [1.82, 2.24) is 4.98 Å². The monoisotopic (exact) mass is 513 g/mol. The Morgan fingerprint density at radius 1 is 1.00 bits per heavy atom. The Morgan fingerprint density at radius 3 is 2.47 bits per heavy atom. The Morgan fingerprint density at radius 2 is 1.75 bits per heavy atom. The number of rotatable bonds is 4. The highest BCUT2D eigenvalue weighted by molar-refractivity contribution is 7.14. The first-order valence-electron chi connectivity index (χ1n) is 12.2. The molecule has 2 aliphatic rings. The molecule has 0 saturated heterocycles. The van der Waals surface area contributed by atoms with Gasteiger partial charge < -0.3 is 4.90 Å². The molecule has 188 valence electrons. The Bertz CT molecular complexity index is 1260. The van der Waals surface area contributed by atoms with Gasteiger partial charge in [-0.15, -0.1) is 11.3 Å². The molecule has 1 saturated carbocycles. The molecule has 1 aliphatic heterocycles. The minimum atomic E-state index is -4.45. The van der Waals surface area contributed by atoms with E-state index in [1.807, 2.05) is 22.4 Å². The summed E-state index contributed by atoms with van der Waals surface area (Å²) in [7, 11) is 0. The van der Waals surface area contributed by atoms with E-state index in [4.69, 9.17) is 0 Å². The van der Waals surface area contributed by atoms with E-state index in [1.54, 1.807) is 0 Å². The van der Waals surface area contributed by atoms with Crippen molar-refractivity contribution in [3.05, 3.63) is 64.5 Å². The number of alkyl halides is 3. The molecule has 1 N–H and O–H groups in total. The zero-order valence-electron chi connectivity index (χ0n) is 19.6. The Hall–Kier alpha value is -3.20. The zero-order chi connectivity index (χ0) is 25.3. The van der Waals surface area contributed by atoms with E-state index in [9.17, 15) is 22.8 Å². The lowest BCUT2D eigenvalue weighted by molar-refractivity contribution is -0.137. The van der Waals surface area contributed by atoms with Crippen LogP contribution in [-0.4, -0.2) is 23.3 Å². The number of carbonyl (C=O) groups is 2. The highest BCUT2D eigenvalue weighted by atomic mass is 32.1. The maximum atomic E-state index is 13.2. The Balaban J connectivity index is 1.29. The van der Waals surface area contributed by atoms with Crippen molar-refractivity contribution in [3.63, 3.8) is 0 Å². The van der Waals surface area contributed by atoms with Crippen LogP contribution in [0.5, 0.6) is 0 Å². The first kappa shape index (κ1) is 24.5. The first-order valence-corrected chi connectivity index (χ1v) is 13.1. The molecule has 1 aromatic heterocycles. The molecule has 36 heavy (non-hydrogen) atoms. The number of benzene rings is 2. The lowest BCUT2D eigenvalue weighted by Crippen LogP contribution is -2.40. The molecule has 1 fully saturated rings. The predicted octanol–water partition coefficient (Wildman–Crippen LogP) is 6.94. The van der Waals surface area contributed by atoms with Gasteiger partial charge in [0.15, 0.2) is 5.13 Å². The molecule has 2 aromatic carbocycles. The molecular formula is C27H26F3N3O2S. The summed E-state index contributed by atoms with van der Waals surface area (Å²) in [6, 6.07) is 10.1. The summed E-state index contributed by atoms with van der Waals surface area (Å²) >= 11 is 1.25. The normalized spacial score (nSPS) is 16.5. The lowest BCUT2D eigenvalue weighted by atomic mass is 9.87. The van der Waals surface area contributed by atoms with Gasteiger partial charge in [-0.1, -0.05) is 25.3 Å². The number of nitrogens with one attached hydrogen (secondary N) is 1. The zero-order valence-corrected chi connectivity index (χ0v) is 20.4. The van der Waals surface area contributed by atoms with Crippen LogP contribution in [0.15, 0.2) is 47.8 Å². The number of aryl methyl sites for hydroxylation is 1. The van der Waals surface area contributed by atoms with Crippen LogP contribution in [0.4, 0.5) is 24.0 Å². The minimum Gasteiger partial charge on any atom is -0.312 e. The van der Waals surface area contributed by atoms with E-state index >= 15 is 0 Å². The van der Waals surface area contributed by atoms with Crippen LogP contribution in [-0.2, 0) is 17.4 Å². The number of fused-ring (bicyclic) bond motifs is 1. The third-order valence-electron chi connectivity index (χ3n) is 6.91. The molecule has 0 bridgehead atoms. The highest BCUT2D eigenvalue weighted by Gasteiger charge is 2.31. The average molecular weight is 514 g/mol. The maximum Gasteiger partial charge on any atom is 0.416 e. The summed E-state index contributed by atoms with van der Waals surface area (Å²) in [4.78, 5) is 32.1. The van der Waals surface area contributed by atoms with Gasteiger partial charge in [0.05, 0.1) is 11.3 Å². The van der Waals surface area contributed by atoms with Gasteiger partial charge in [-0.05, 0) is 67.6 Å².